The molecule has 0 spiro atoms. The summed E-state index contributed by atoms with van der Waals surface area (Å²) in [5, 5.41) is 0. The number of carbonyl (C=O) groups excluding carboxylic acids is 2. The van der Waals surface area contributed by atoms with E-state index in [4.69, 9.17) is 5.73 Å². The van der Waals surface area contributed by atoms with Crippen molar-refractivity contribution in [2.24, 2.45) is 28.9 Å². The average Bonchev–Trinajstić information content (AvgIpc) is 2.53. The third kappa shape index (κ3) is 3.24. The van der Waals surface area contributed by atoms with Crippen LogP contribution in [0.1, 0.15) is 71.1 Å². The third-order valence-corrected chi connectivity index (χ3v) is 7.56. The number of hydrogen-bond acceptors (Lipinski definition) is 2. The van der Waals surface area contributed by atoms with Gasteiger partial charge in [-0.1, -0.05) is 5.57 Å². The number of amides is 2. The molecule has 1 unspecified atom stereocenters. The van der Waals surface area contributed by atoms with Gasteiger partial charge in [-0.25, -0.2) is 0 Å². The van der Waals surface area contributed by atoms with Crippen molar-refractivity contribution >= 4 is 11.8 Å². The molecule has 4 bridgehead atoms. The smallest absolute Gasteiger partial charge is 0.246 e. The molecule has 25 heavy (non-hydrogen) atoms. The molecule has 5 rings (SSSR count). The summed E-state index contributed by atoms with van der Waals surface area (Å²) >= 11 is 0. The van der Waals surface area contributed by atoms with Crippen molar-refractivity contribution in [1.29, 1.82) is 0 Å². The summed E-state index contributed by atoms with van der Waals surface area (Å²) in [5.41, 5.74) is 6.99. The maximum absolute atomic E-state index is 13.0. The van der Waals surface area contributed by atoms with E-state index in [9.17, 15) is 9.59 Å². The zero-order valence-electron chi connectivity index (χ0n) is 15.5. The van der Waals surface area contributed by atoms with Crippen molar-refractivity contribution in [2.75, 3.05) is 6.54 Å². The molecule has 4 aliphatic carbocycles. The second-order valence-electron chi connectivity index (χ2n) is 9.38. The first-order valence-electron chi connectivity index (χ1n) is 10.2. The molecule has 4 nitrogen and oxygen atoms in total. The highest BCUT2D eigenvalue weighted by Gasteiger charge is 2.51. The van der Waals surface area contributed by atoms with Crippen LogP contribution in [0.4, 0.5) is 0 Å². The summed E-state index contributed by atoms with van der Waals surface area (Å²) in [6, 6.07) is -0.000775. The van der Waals surface area contributed by atoms with Crippen LogP contribution in [0.25, 0.3) is 0 Å². The first-order valence-corrected chi connectivity index (χ1v) is 10.2. The molecule has 4 heteroatoms. The highest BCUT2D eigenvalue weighted by Crippen LogP contribution is 2.62. The summed E-state index contributed by atoms with van der Waals surface area (Å²) < 4.78 is 0. The number of nitrogens with two attached hydrogens (primary N) is 1. The standard InChI is InChI=1S/C21H32N2O2/c1-14(21-11-15-7-16(12-21)9-17(8-15)13-21)6-20(25)23-5-3-2-4-18(23)10-19(22)24/h6,15-18H,2-5,7-13H2,1H3,(H2,22,24)/b14-6+. The monoisotopic (exact) mass is 344 g/mol. The van der Waals surface area contributed by atoms with Crippen LogP contribution in [0.5, 0.6) is 0 Å². The van der Waals surface area contributed by atoms with Crippen molar-refractivity contribution in [2.45, 2.75) is 77.2 Å². The summed E-state index contributed by atoms with van der Waals surface area (Å²) in [7, 11) is 0. The van der Waals surface area contributed by atoms with Crippen molar-refractivity contribution < 1.29 is 9.59 Å². The van der Waals surface area contributed by atoms with E-state index in [1.807, 2.05) is 11.0 Å². The van der Waals surface area contributed by atoms with Gasteiger partial charge in [-0.2, -0.15) is 0 Å². The van der Waals surface area contributed by atoms with E-state index < -0.39 is 0 Å². The summed E-state index contributed by atoms with van der Waals surface area (Å²) in [5.74, 6) is 2.48. The molecule has 0 radical (unpaired) electrons. The summed E-state index contributed by atoms with van der Waals surface area (Å²) in [6.07, 6.45) is 13.4. The number of primary amides is 1. The van der Waals surface area contributed by atoms with E-state index in [-0.39, 0.29) is 17.9 Å². The van der Waals surface area contributed by atoms with Gasteiger partial charge in [0.05, 0.1) is 0 Å². The highest BCUT2D eigenvalue weighted by atomic mass is 16.2. The van der Waals surface area contributed by atoms with Crippen molar-refractivity contribution in [3.8, 4) is 0 Å². The van der Waals surface area contributed by atoms with Crippen LogP contribution in [-0.4, -0.2) is 29.3 Å². The van der Waals surface area contributed by atoms with Gasteiger partial charge >= 0.3 is 0 Å². The maximum Gasteiger partial charge on any atom is 0.246 e. The van der Waals surface area contributed by atoms with Gasteiger partial charge < -0.3 is 10.6 Å². The summed E-state index contributed by atoms with van der Waals surface area (Å²) in [4.78, 5) is 26.3. The van der Waals surface area contributed by atoms with Gasteiger partial charge in [0.2, 0.25) is 11.8 Å². The molecule has 1 saturated heterocycles. The zero-order valence-corrected chi connectivity index (χ0v) is 15.5. The SMILES string of the molecule is C/C(=C\C(=O)N1CCCCC1CC(N)=O)C12CC3CC(CC(C3)C1)C2. The largest absolute Gasteiger partial charge is 0.370 e. The Bertz CT molecular complexity index is 559. The lowest BCUT2D eigenvalue weighted by molar-refractivity contribution is -0.131. The third-order valence-electron chi connectivity index (χ3n) is 7.56. The molecule has 4 saturated carbocycles. The van der Waals surface area contributed by atoms with Gasteiger partial charge in [0, 0.05) is 25.1 Å². The van der Waals surface area contributed by atoms with Gasteiger partial charge in [-0.3, -0.25) is 9.59 Å². The van der Waals surface area contributed by atoms with E-state index in [0.29, 0.717) is 11.8 Å². The van der Waals surface area contributed by atoms with E-state index >= 15 is 0 Å². The first kappa shape index (κ1) is 17.1. The van der Waals surface area contributed by atoms with Crippen molar-refractivity contribution in [3.05, 3.63) is 11.6 Å². The fraction of sp³-hybridized carbons (Fsp3) is 0.810. The Morgan fingerprint density at radius 2 is 1.68 bits per heavy atom. The van der Waals surface area contributed by atoms with Crippen molar-refractivity contribution in [1.82, 2.24) is 4.90 Å². The van der Waals surface area contributed by atoms with Crippen molar-refractivity contribution in [3.63, 3.8) is 0 Å². The first-order chi connectivity index (χ1) is 11.9. The molecular formula is C21H32N2O2. The molecule has 5 aliphatic rings. The summed E-state index contributed by atoms with van der Waals surface area (Å²) in [6.45, 7) is 2.96. The second-order valence-corrected chi connectivity index (χ2v) is 9.38. The van der Waals surface area contributed by atoms with Gasteiger partial charge in [-0.15, -0.1) is 0 Å². The fourth-order valence-corrected chi connectivity index (χ4v) is 6.75. The van der Waals surface area contributed by atoms with Gasteiger partial charge in [-0.05, 0) is 87.9 Å². The van der Waals surface area contributed by atoms with E-state index in [1.54, 1.807) is 0 Å². The van der Waals surface area contributed by atoms with Gasteiger partial charge in [0.15, 0.2) is 0 Å². The molecule has 0 aromatic carbocycles. The molecule has 1 aliphatic heterocycles. The van der Waals surface area contributed by atoms with Crippen LogP contribution in [0.3, 0.4) is 0 Å². The number of nitrogens with zero attached hydrogens (tertiary/aromatic N) is 1. The van der Waals surface area contributed by atoms with Gasteiger partial charge in [0.1, 0.15) is 0 Å². The fourth-order valence-electron chi connectivity index (χ4n) is 6.75. The minimum absolute atomic E-state index is 0.000775. The molecule has 2 N–H and O–H groups in total. The van der Waals surface area contributed by atoms with Crippen LogP contribution in [-0.2, 0) is 9.59 Å². The number of allylic oxidation sites excluding steroid dienone is 1. The number of hydrogen-bond donors (Lipinski definition) is 1. The number of carbonyl (C=O) groups is 2. The topological polar surface area (TPSA) is 63.4 Å². The molecule has 5 fully saturated rings. The molecular weight excluding hydrogens is 312 g/mol. The minimum Gasteiger partial charge on any atom is -0.370 e. The van der Waals surface area contributed by atoms with Crippen LogP contribution < -0.4 is 5.73 Å². The normalized spacial score (nSPS) is 40.4. The van der Waals surface area contributed by atoms with Crippen LogP contribution >= 0.6 is 0 Å². The van der Waals surface area contributed by atoms with E-state index in [1.165, 1.54) is 44.1 Å². The lowest BCUT2D eigenvalue weighted by Gasteiger charge is -2.57. The predicted molar refractivity (Wildman–Crippen MR) is 97.5 cm³/mol. The minimum atomic E-state index is -0.300. The predicted octanol–water partition coefficient (Wildman–Crippen LogP) is 3.41. The average molecular weight is 344 g/mol. The highest BCUT2D eigenvalue weighted by molar-refractivity contribution is 5.89. The quantitative estimate of drug-likeness (QED) is 0.794. The maximum atomic E-state index is 13.0. The number of likely N-dealkylation sites (tertiary alicyclic amines) is 1. The Hall–Kier alpha value is -1.32. The number of rotatable bonds is 4. The Morgan fingerprint density at radius 1 is 1.08 bits per heavy atom. The lowest BCUT2D eigenvalue weighted by Crippen LogP contribution is -2.47. The molecule has 138 valence electrons. The Labute approximate surface area is 151 Å². The zero-order chi connectivity index (χ0) is 17.6. The van der Waals surface area contributed by atoms with Gasteiger partial charge in [0.25, 0.3) is 0 Å². The lowest BCUT2D eigenvalue weighted by atomic mass is 9.48. The Balaban J connectivity index is 1.51. The van der Waals surface area contributed by atoms with E-state index in [2.05, 4.69) is 6.92 Å². The molecule has 2 amide bonds. The number of piperidine rings is 1. The molecule has 0 aromatic rings. The van der Waals surface area contributed by atoms with Crippen LogP contribution in [0.15, 0.2) is 11.6 Å². The van der Waals surface area contributed by atoms with Crippen LogP contribution in [0.2, 0.25) is 0 Å². The molecule has 1 atom stereocenters. The molecule has 1 heterocycles. The Morgan fingerprint density at radius 3 is 2.24 bits per heavy atom. The van der Waals surface area contributed by atoms with Crippen LogP contribution in [0, 0.1) is 23.2 Å². The Kier molecular flexibility index (Phi) is 4.41. The van der Waals surface area contributed by atoms with E-state index in [0.717, 1.165) is 43.6 Å². The second kappa shape index (κ2) is 6.44. The molecule has 0 aromatic heterocycles.